The van der Waals surface area contributed by atoms with Crippen molar-refractivity contribution in [3.63, 3.8) is 0 Å². The summed E-state index contributed by atoms with van der Waals surface area (Å²) in [6.07, 6.45) is 4.37. The van der Waals surface area contributed by atoms with Crippen molar-refractivity contribution >= 4 is 11.6 Å². The van der Waals surface area contributed by atoms with Gasteiger partial charge in [0, 0.05) is 5.88 Å². The molecule has 0 N–H and O–H groups in total. The van der Waals surface area contributed by atoms with Crippen molar-refractivity contribution in [1.29, 1.82) is 0 Å². The fraction of sp³-hybridized carbons (Fsp3) is 0.714. The van der Waals surface area contributed by atoms with Crippen LogP contribution in [0.1, 0.15) is 26.7 Å². The third-order valence-electron chi connectivity index (χ3n) is 1.27. The first-order valence-electron chi connectivity index (χ1n) is 3.09. The molecule has 0 bridgehead atoms. The summed E-state index contributed by atoms with van der Waals surface area (Å²) >= 11 is 5.48. The molecule has 0 aliphatic heterocycles. The van der Waals surface area contributed by atoms with Crippen molar-refractivity contribution in [3.05, 3.63) is 11.6 Å². The molecule has 0 amide bonds. The van der Waals surface area contributed by atoms with Crippen LogP contribution in [0.2, 0.25) is 0 Å². The Balaban J connectivity index is 3.49. The average Bonchev–Trinajstić information content (AvgIpc) is 1.83. The van der Waals surface area contributed by atoms with Gasteiger partial charge in [-0.25, -0.2) is 0 Å². The van der Waals surface area contributed by atoms with Crippen molar-refractivity contribution in [2.24, 2.45) is 0 Å². The van der Waals surface area contributed by atoms with E-state index in [0.717, 1.165) is 12.8 Å². The van der Waals surface area contributed by atoms with E-state index < -0.39 is 0 Å². The molecule has 0 fully saturated rings. The van der Waals surface area contributed by atoms with Crippen molar-refractivity contribution < 1.29 is 0 Å². The predicted octanol–water partition coefficient (Wildman–Crippen LogP) is 2.97. The molecule has 0 aromatic rings. The minimum absolute atomic E-state index is 0.664. The molecule has 8 heavy (non-hydrogen) atoms. The maximum Gasteiger partial charge on any atom is 0.0406 e. The van der Waals surface area contributed by atoms with Crippen molar-refractivity contribution in [2.75, 3.05) is 5.88 Å². The number of hydrogen-bond donors (Lipinski definition) is 0. The van der Waals surface area contributed by atoms with E-state index in [4.69, 9.17) is 11.6 Å². The van der Waals surface area contributed by atoms with E-state index >= 15 is 0 Å². The molecule has 0 spiro atoms. The second kappa shape index (κ2) is 5.17. The molecule has 0 rings (SSSR count). The van der Waals surface area contributed by atoms with Crippen LogP contribution in [0.5, 0.6) is 0 Å². The fourth-order valence-electron chi connectivity index (χ4n) is 0.648. The van der Waals surface area contributed by atoms with Crippen LogP contribution < -0.4 is 0 Å². The number of alkyl halides is 1. The summed E-state index contributed by atoms with van der Waals surface area (Å²) < 4.78 is 0. The zero-order valence-corrected chi connectivity index (χ0v) is 6.33. The quantitative estimate of drug-likeness (QED) is 0.409. The second-order valence-corrected chi connectivity index (χ2v) is 2.03. The summed E-state index contributed by atoms with van der Waals surface area (Å²) in [5, 5.41) is 0. The molecule has 0 aromatic carbocycles. The Bertz CT molecular complexity index is 68.5. The van der Waals surface area contributed by atoms with Gasteiger partial charge >= 0.3 is 0 Å². The average molecular weight is 133 g/mol. The lowest BCUT2D eigenvalue weighted by molar-refractivity contribution is 0.973. The number of allylic oxidation sites excluding steroid dienone is 2. The van der Waals surface area contributed by atoms with Gasteiger partial charge in [-0.2, -0.15) is 0 Å². The smallest absolute Gasteiger partial charge is 0.0406 e. The predicted molar refractivity (Wildman–Crippen MR) is 39.4 cm³/mol. The van der Waals surface area contributed by atoms with Gasteiger partial charge in [-0.15, -0.1) is 11.6 Å². The molecule has 1 heteroatoms. The van der Waals surface area contributed by atoms with E-state index in [1.54, 1.807) is 0 Å². The van der Waals surface area contributed by atoms with Crippen molar-refractivity contribution in [2.45, 2.75) is 26.7 Å². The van der Waals surface area contributed by atoms with Gasteiger partial charge in [0.1, 0.15) is 0 Å². The van der Waals surface area contributed by atoms with Gasteiger partial charge in [0.05, 0.1) is 0 Å². The van der Waals surface area contributed by atoms with Gasteiger partial charge < -0.3 is 0 Å². The van der Waals surface area contributed by atoms with Gasteiger partial charge in [-0.3, -0.25) is 0 Å². The summed E-state index contributed by atoms with van der Waals surface area (Å²) in [4.78, 5) is 0. The molecular formula is C7H13Cl. The van der Waals surface area contributed by atoms with Crippen LogP contribution >= 0.6 is 11.6 Å². The van der Waals surface area contributed by atoms with E-state index in [0.29, 0.717) is 5.88 Å². The maximum absolute atomic E-state index is 5.48. The van der Waals surface area contributed by atoms with E-state index in [2.05, 4.69) is 19.9 Å². The standard InChI is InChI=1S/C7H13Cl/c1-3-7(4-2)5-6-8/h5H,3-4,6H2,1-2H3. The summed E-state index contributed by atoms with van der Waals surface area (Å²) in [6, 6.07) is 0. The van der Waals surface area contributed by atoms with Gasteiger partial charge in [0.15, 0.2) is 0 Å². The largest absolute Gasteiger partial charge is 0.122 e. The summed E-state index contributed by atoms with van der Waals surface area (Å²) in [7, 11) is 0. The summed E-state index contributed by atoms with van der Waals surface area (Å²) in [6.45, 7) is 4.31. The first-order chi connectivity index (χ1) is 3.85. The number of halogens is 1. The highest BCUT2D eigenvalue weighted by molar-refractivity contribution is 6.18. The molecule has 0 nitrogen and oxygen atoms in total. The molecule has 0 unspecified atom stereocenters. The molecule has 0 saturated heterocycles. The third-order valence-corrected chi connectivity index (χ3v) is 1.43. The molecule has 0 aromatic heterocycles. The molecule has 0 aliphatic carbocycles. The van der Waals surface area contributed by atoms with Crippen LogP contribution in [0.25, 0.3) is 0 Å². The molecule has 0 aliphatic rings. The molecule has 0 radical (unpaired) electrons. The summed E-state index contributed by atoms with van der Waals surface area (Å²) in [5.74, 6) is 0.664. The Morgan fingerprint density at radius 1 is 1.38 bits per heavy atom. The minimum atomic E-state index is 0.664. The lowest BCUT2D eigenvalue weighted by Gasteiger charge is -1.94. The van der Waals surface area contributed by atoms with E-state index in [9.17, 15) is 0 Å². The first-order valence-corrected chi connectivity index (χ1v) is 3.62. The van der Waals surface area contributed by atoms with Gasteiger partial charge in [-0.05, 0) is 12.8 Å². The van der Waals surface area contributed by atoms with Gasteiger partial charge in [-0.1, -0.05) is 25.5 Å². The van der Waals surface area contributed by atoms with Crippen molar-refractivity contribution in [1.82, 2.24) is 0 Å². The Hall–Kier alpha value is 0.0300. The Morgan fingerprint density at radius 2 is 1.88 bits per heavy atom. The van der Waals surface area contributed by atoms with Crippen LogP contribution in [-0.4, -0.2) is 5.88 Å². The van der Waals surface area contributed by atoms with E-state index in [-0.39, 0.29) is 0 Å². The fourth-order valence-corrected chi connectivity index (χ4v) is 0.866. The van der Waals surface area contributed by atoms with E-state index in [1.165, 1.54) is 5.57 Å². The third kappa shape index (κ3) is 3.09. The Kier molecular flexibility index (Phi) is 5.19. The lowest BCUT2D eigenvalue weighted by atomic mass is 10.1. The van der Waals surface area contributed by atoms with Crippen LogP contribution in [0.15, 0.2) is 11.6 Å². The van der Waals surface area contributed by atoms with Crippen LogP contribution in [0.3, 0.4) is 0 Å². The maximum atomic E-state index is 5.48. The van der Waals surface area contributed by atoms with Crippen LogP contribution in [0, 0.1) is 0 Å². The highest BCUT2D eigenvalue weighted by Crippen LogP contribution is 2.04. The van der Waals surface area contributed by atoms with E-state index in [1.807, 2.05) is 0 Å². The molecule has 0 saturated carbocycles. The Morgan fingerprint density at radius 3 is 2.00 bits per heavy atom. The topological polar surface area (TPSA) is 0 Å². The molecule has 0 heterocycles. The SMILES string of the molecule is CCC(=CCCl)CC. The first kappa shape index (κ1) is 8.03. The molecule has 0 atom stereocenters. The van der Waals surface area contributed by atoms with Crippen molar-refractivity contribution in [3.8, 4) is 0 Å². The highest BCUT2D eigenvalue weighted by atomic mass is 35.5. The molecule has 48 valence electrons. The lowest BCUT2D eigenvalue weighted by Crippen LogP contribution is -1.76. The zero-order valence-electron chi connectivity index (χ0n) is 5.58. The minimum Gasteiger partial charge on any atom is -0.122 e. The second-order valence-electron chi connectivity index (χ2n) is 1.72. The van der Waals surface area contributed by atoms with Gasteiger partial charge in [0.2, 0.25) is 0 Å². The zero-order chi connectivity index (χ0) is 6.41. The van der Waals surface area contributed by atoms with Crippen LogP contribution in [0.4, 0.5) is 0 Å². The highest BCUT2D eigenvalue weighted by Gasteiger charge is 1.85. The molecular weight excluding hydrogens is 120 g/mol. The monoisotopic (exact) mass is 132 g/mol. The van der Waals surface area contributed by atoms with Crippen LogP contribution in [-0.2, 0) is 0 Å². The van der Waals surface area contributed by atoms with Gasteiger partial charge in [0.25, 0.3) is 0 Å². The Labute approximate surface area is 56.5 Å². The normalized spacial score (nSPS) is 8.88. The number of rotatable bonds is 3. The number of hydrogen-bond acceptors (Lipinski definition) is 0. The summed E-state index contributed by atoms with van der Waals surface area (Å²) in [5.41, 5.74) is 1.46.